The lowest BCUT2D eigenvalue weighted by Gasteiger charge is -2.10. The molecule has 0 saturated carbocycles. The van der Waals surface area contributed by atoms with E-state index < -0.39 is 0 Å². The van der Waals surface area contributed by atoms with Crippen molar-refractivity contribution >= 4 is 50.1 Å². The van der Waals surface area contributed by atoms with Crippen LogP contribution >= 0.6 is 39.0 Å². The summed E-state index contributed by atoms with van der Waals surface area (Å²) in [5.74, 6) is 0.558. The van der Waals surface area contributed by atoms with Crippen LogP contribution in [-0.4, -0.2) is 34.2 Å². The lowest BCUT2D eigenvalue weighted by molar-refractivity contribution is -0.117. The van der Waals surface area contributed by atoms with Gasteiger partial charge in [-0.15, -0.1) is 10.2 Å². The van der Waals surface area contributed by atoms with Gasteiger partial charge in [-0.2, -0.15) is 0 Å². The summed E-state index contributed by atoms with van der Waals surface area (Å²) >= 11 is 6.44. The monoisotopic (exact) mass is 307 g/mol. The predicted molar refractivity (Wildman–Crippen MR) is 65.9 cm³/mol. The molecule has 2 rings (SSSR count). The molecule has 15 heavy (non-hydrogen) atoms. The van der Waals surface area contributed by atoms with Crippen LogP contribution in [-0.2, 0) is 4.79 Å². The zero-order valence-electron chi connectivity index (χ0n) is 8.14. The highest BCUT2D eigenvalue weighted by Crippen LogP contribution is 2.31. The normalized spacial score (nSPS) is 21.3. The Balaban J connectivity index is 2.14. The van der Waals surface area contributed by atoms with E-state index in [4.69, 9.17) is 0 Å². The number of aromatic nitrogens is 2. The van der Waals surface area contributed by atoms with Crippen LogP contribution in [0.4, 0.5) is 5.13 Å². The van der Waals surface area contributed by atoms with Gasteiger partial charge in [-0.05, 0) is 12.2 Å². The number of carbonyl (C=O) groups is 1. The molecule has 1 amide bonds. The van der Waals surface area contributed by atoms with Crippen LogP contribution in [0, 0.1) is 5.92 Å². The lowest BCUT2D eigenvalue weighted by Crippen LogP contribution is -2.24. The summed E-state index contributed by atoms with van der Waals surface area (Å²) in [5, 5.41) is 9.61. The summed E-state index contributed by atoms with van der Waals surface area (Å²) in [6.45, 7) is 0.757. The third-order valence-electron chi connectivity index (χ3n) is 2.22. The molecule has 1 atom stereocenters. The van der Waals surface area contributed by atoms with Crippen molar-refractivity contribution in [3.8, 4) is 0 Å². The van der Waals surface area contributed by atoms with Crippen molar-refractivity contribution in [2.75, 3.05) is 23.0 Å². The van der Waals surface area contributed by atoms with Crippen molar-refractivity contribution in [1.82, 2.24) is 10.2 Å². The van der Waals surface area contributed by atoms with Crippen molar-refractivity contribution in [1.29, 1.82) is 0 Å². The molecule has 1 aromatic heterocycles. The van der Waals surface area contributed by atoms with Gasteiger partial charge in [-0.3, -0.25) is 9.69 Å². The van der Waals surface area contributed by atoms with Crippen LogP contribution in [0.5, 0.6) is 0 Å². The fourth-order valence-electron chi connectivity index (χ4n) is 1.46. The van der Waals surface area contributed by atoms with E-state index in [9.17, 15) is 4.79 Å². The molecule has 4 nitrogen and oxygen atoms in total. The first-order chi connectivity index (χ1) is 7.24. The summed E-state index contributed by atoms with van der Waals surface area (Å²) in [5.41, 5.74) is 0. The summed E-state index contributed by atoms with van der Waals surface area (Å²) < 4.78 is 0.903. The molecule has 1 saturated heterocycles. The quantitative estimate of drug-likeness (QED) is 0.487. The van der Waals surface area contributed by atoms with Crippen LogP contribution in [0.15, 0.2) is 4.34 Å². The van der Waals surface area contributed by atoms with Gasteiger partial charge >= 0.3 is 0 Å². The molecule has 1 fully saturated rings. The number of hydrogen-bond acceptors (Lipinski definition) is 5. The number of amides is 1. The Hall–Kier alpha value is -0.140. The number of halogens is 1. The summed E-state index contributed by atoms with van der Waals surface area (Å²) in [4.78, 5) is 13.4. The van der Waals surface area contributed by atoms with Crippen LogP contribution in [0.1, 0.15) is 6.42 Å². The smallest absolute Gasteiger partial charge is 0.229 e. The van der Waals surface area contributed by atoms with Crippen LogP contribution in [0.3, 0.4) is 0 Å². The van der Waals surface area contributed by atoms with Crippen LogP contribution in [0.2, 0.25) is 0 Å². The van der Waals surface area contributed by atoms with E-state index in [1.165, 1.54) is 11.3 Å². The second-order valence-corrected chi connectivity index (χ2v) is 5.94. The van der Waals surface area contributed by atoms with Crippen molar-refractivity contribution in [2.24, 2.45) is 5.92 Å². The van der Waals surface area contributed by atoms with E-state index in [0.717, 1.165) is 21.3 Å². The fraction of sp³-hybridized carbons (Fsp3) is 0.625. The molecule has 1 aliphatic heterocycles. The molecule has 0 bridgehead atoms. The zero-order chi connectivity index (χ0) is 10.8. The van der Waals surface area contributed by atoms with Crippen molar-refractivity contribution < 1.29 is 4.79 Å². The molecule has 0 aromatic carbocycles. The van der Waals surface area contributed by atoms with E-state index in [-0.39, 0.29) is 5.91 Å². The number of alkyl halides is 1. The molecule has 0 spiro atoms. The van der Waals surface area contributed by atoms with Gasteiger partial charge in [-0.1, -0.05) is 39.0 Å². The van der Waals surface area contributed by atoms with Gasteiger partial charge < -0.3 is 0 Å². The Bertz CT molecular complexity index is 371. The zero-order valence-corrected chi connectivity index (χ0v) is 11.4. The highest BCUT2D eigenvalue weighted by Gasteiger charge is 2.31. The van der Waals surface area contributed by atoms with Crippen molar-refractivity contribution in [3.05, 3.63) is 0 Å². The summed E-state index contributed by atoms with van der Waals surface area (Å²) in [6, 6.07) is 0. The maximum atomic E-state index is 11.7. The van der Waals surface area contributed by atoms with Gasteiger partial charge in [0.05, 0.1) is 0 Å². The minimum atomic E-state index is 0.156. The second kappa shape index (κ2) is 4.80. The van der Waals surface area contributed by atoms with E-state index in [2.05, 4.69) is 26.1 Å². The molecule has 1 aromatic rings. The van der Waals surface area contributed by atoms with Gasteiger partial charge in [0.1, 0.15) is 0 Å². The Morgan fingerprint density at radius 3 is 3.00 bits per heavy atom. The first-order valence-electron chi connectivity index (χ1n) is 4.48. The standard InChI is InChI=1S/C8H10BrN3OS2/c1-14-8-11-10-7(15-8)12-4-5(3-9)2-6(12)13/h5H,2-4H2,1H3. The number of hydrogen-bond donors (Lipinski definition) is 0. The highest BCUT2D eigenvalue weighted by molar-refractivity contribution is 9.09. The third kappa shape index (κ3) is 2.34. The van der Waals surface area contributed by atoms with Gasteiger partial charge in [0.15, 0.2) is 4.34 Å². The number of anilines is 1. The number of thioether (sulfide) groups is 1. The first kappa shape index (κ1) is 11.3. The van der Waals surface area contributed by atoms with Gasteiger partial charge in [0, 0.05) is 18.3 Å². The fourth-order valence-corrected chi connectivity index (χ4v) is 3.18. The average Bonchev–Trinajstić information content (AvgIpc) is 2.83. The molecule has 7 heteroatoms. The van der Waals surface area contributed by atoms with E-state index in [0.29, 0.717) is 12.3 Å². The van der Waals surface area contributed by atoms with Crippen molar-refractivity contribution in [2.45, 2.75) is 10.8 Å². The van der Waals surface area contributed by atoms with Gasteiger partial charge in [-0.25, -0.2) is 0 Å². The average molecular weight is 308 g/mol. The minimum Gasteiger partial charge on any atom is -0.286 e. The summed E-state index contributed by atoms with van der Waals surface area (Å²) in [7, 11) is 0. The molecule has 1 unspecified atom stereocenters. The molecule has 0 radical (unpaired) electrons. The Morgan fingerprint density at radius 1 is 1.67 bits per heavy atom. The molecule has 0 N–H and O–H groups in total. The summed E-state index contributed by atoms with van der Waals surface area (Å²) in [6.07, 6.45) is 2.57. The largest absolute Gasteiger partial charge is 0.286 e. The second-order valence-electron chi connectivity index (χ2n) is 3.28. The molecule has 82 valence electrons. The Labute approximate surface area is 105 Å². The molecular formula is C8H10BrN3OS2. The Morgan fingerprint density at radius 2 is 2.47 bits per heavy atom. The topological polar surface area (TPSA) is 46.1 Å². The molecular weight excluding hydrogens is 298 g/mol. The Kier molecular flexibility index (Phi) is 3.63. The van der Waals surface area contributed by atoms with E-state index in [1.54, 1.807) is 16.7 Å². The highest BCUT2D eigenvalue weighted by atomic mass is 79.9. The number of rotatable bonds is 3. The SMILES string of the molecule is CSc1nnc(N2CC(CBr)CC2=O)s1. The number of carbonyl (C=O) groups excluding carboxylic acids is 1. The van der Waals surface area contributed by atoms with Crippen molar-refractivity contribution in [3.63, 3.8) is 0 Å². The maximum Gasteiger partial charge on any atom is 0.229 e. The first-order valence-corrected chi connectivity index (χ1v) is 7.64. The van der Waals surface area contributed by atoms with Crippen LogP contribution in [0.25, 0.3) is 0 Å². The molecule has 1 aliphatic rings. The van der Waals surface area contributed by atoms with E-state index >= 15 is 0 Å². The van der Waals surface area contributed by atoms with Crippen LogP contribution < -0.4 is 4.90 Å². The molecule has 0 aliphatic carbocycles. The minimum absolute atomic E-state index is 0.156. The van der Waals surface area contributed by atoms with Gasteiger partial charge in [0.25, 0.3) is 0 Å². The maximum absolute atomic E-state index is 11.7. The molecule has 2 heterocycles. The lowest BCUT2D eigenvalue weighted by atomic mass is 10.2. The van der Waals surface area contributed by atoms with Gasteiger partial charge in [0.2, 0.25) is 11.0 Å². The predicted octanol–water partition coefficient (Wildman–Crippen LogP) is 2.01. The third-order valence-corrected chi connectivity index (χ3v) is 5.06. The number of nitrogens with zero attached hydrogens (tertiary/aromatic N) is 3. The van der Waals surface area contributed by atoms with E-state index in [1.807, 2.05) is 6.26 Å².